The van der Waals surface area contributed by atoms with E-state index in [1.807, 2.05) is 0 Å². The average Bonchev–Trinajstić information content (AvgIpc) is 1.69. The van der Waals surface area contributed by atoms with Crippen LogP contribution in [0.2, 0.25) is 0 Å². The molecule has 0 spiro atoms. The smallest absolute Gasteiger partial charge is 0.113 e. The molecule has 7 heavy (non-hydrogen) atoms. The minimum atomic E-state index is -0.0197. The molecule has 1 N–H and O–H groups in total. The van der Waals surface area contributed by atoms with Gasteiger partial charge in [0.05, 0.1) is 18.9 Å². The first-order valence-corrected chi connectivity index (χ1v) is 2.89. The molecule has 0 aromatic rings. The molecule has 1 atom stereocenters. The Labute approximate surface area is 44.4 Å². The molecule has 1 saturated carbocycles. The molecule has 0 bridgehead atoms. The molecule has 0 aromatic carbocycles. The summed E-state index contributed by atoms with van der Waals surface area (Å²) in [5, 5.41) is 8.88. The third-order valence-electron chi connectivity index (χ3n) is 1.38. The lowest BCUT2D eigenvalue weighted by Crippen LogP contribution is -2.10. The molecule has 0 heterocycles. The molecular formula is C6H11O+. The maximum absolute atomic E-state index is 8.88. The van der Waals surface area contributed by atoms with Crippen LogP contribution in [0.4, 0.5) is 0 Å². The lowest BCUT2D eigenvalue weighted by atomic mass is 9.98. The van der Waals surface area contributed by atoms with Crippen molar-refractivity contribution in [1.29, 1.82) is 0 Å². The molecule has 1 aliphatic carbocycles. The third-order valence-corrected chi connectivity index (χ3v) is 1.38. The molecule has 1 nitrogen and oxygen atoms in total. The van der Waals surface area contributed by atoms with E-state index in [0.717, 1.165) is 12.8 Å². The predicted octanol–water partition coefficient (Wildman–Crippen LogP) is 1.13. The molecular weight excluding hydrogens is 88.1 g/mol. The zero-order chi connectivity index (χ0) is 5.11. The van der Waals surface area contributed by atoms with Crippen LogP contribution >= 0.6 is 0 Å². The van der Waals surface area contributed by atoms with E-state index in [9.17, 15) is 0 Å². The highest BCUT2D eigenvalue weighted by molar-refractivity contribution is 4.76. The van der Waals surface area contributed by atoms with Crippen LogP contribution in [-0.4, -0.2) is 11.2 Å². The van der Waals surface area contributed by atoms with Gasteiger partial charge in [-0.15, -0.1) is 0 Å². The summed E-state index contributed by atoms with van der Waals surface area (Å²) in [5.74, 6) is 0. The van der Waals surface area contributed by atoms with E-state index in [1.165, 1.54) is 12.8 Å². The van der Waals surface area contributed by atoms with Gasteiger partial charge in [0.15, 0.2) is 0 Å². The third kappa shape index (κ3) is 1.39. The van der Waals surface area contributed by atoms with Crippen LogP contribution in [0.25, 0.3) is 0 Å². The van der Waals surface area contributed by atoms with Crippen molar-refractivity contribution in [1.82, 2.24) is 0 Å². The number of aliphatic hydroxyl groups excluding tert-OH is 1. The molecule has 0 radical (unpaired) electrons. The normalized spacial score (nSPS) is 31.9. The van der Waals surface area contributed by atoms with Crippen molar-refractivity contribution in [3.05, 3.63) is 6.42 Å². The Balaban J connectivity index is 2.12. The van der Waals surface area contributed by atoms with Crippen molar-refractivity contribution >= 4 is 0 Å². The fourth-order valence-electron chi connectivity index (χ4n) is 0.926. The monoisotopic (exact) mass is 99.1 g/mol. The van der Waals surface area contributed by atoms with Gasteiger partial charge in [0, 0.05) is 0 Å². The van der Waals surface area contributed by atoms with E-state index < -0.39 is 0 Å². The van der Waals surface area contributed by atoms with Crippen LogP contribution in [0.3, 0.4) is 0 Å². The average molecular weight is 99.2 g/mol. The quantitative estimate of drug-likeness (QED) is 0.451. The van der Waals surface area contributed by atoms with E-state index >= 15 is 0 Å². The van der Waals surface area contributed by atoms with Crippen LogP contribution < -0.4 is 0 Å². The highest BCUT2D eigenvalue weighted by Crippen LogP contribution is 2.15. The second-order valence-electron chi connectivity index (χ2n) is 2.11. The molecule has 1 unspecified atom stereocenters. The van der Waals surface area contributed by atoms with Crippen molar-refractivity contribution in [2.75, 3.05) is 0 Å². The second kappa shape index (κ2) is 2.22. The van der Waals surface area contributed by atoms with Crippen LogP contribution in [0, 0.1) is 6.42 Å². The SMILES string of the molecule is OC1C[CH+]CCC1. The van der Waals surface area contributed by atoms with Crippen molar-refractivity contribution in [3.63, 3.8) is 0 Å². The van der Waals surface area contributed by atoms with Gasteiger partial charge in [0.2, 0.25) is 0 Å². The number of hydrogen-bond donors (Lipinski definition) is 1. The molecule has 40 valence electrons. The largest absolute Gasteiger partial charge is 0.389 e. The van der Waals surface area contributed by atoms with E-state index in [4.69, 9.17) is 5.11 Å². The number of aliphatic hydroxyl groups is 1. The van der Waals surface area contributed by atoms with Gasteiger partial charge < -0.3 is 5.11 Å². The van der Waals surface area contributed by atoms with Gasteiger partial charge in [-0.25, -0.2) is 0 Å². The first-order valence-electron chi connectivity index (χ1n) is 2.89. The summed E-state index contributed by atoms with van der Waals surface area (Å²) in [7, 11) is 0. The minimum Gasteiger partial charge on any atom is -0.389 e. The zero-order valence-electron chi connectivity index (χ0n) is 4.43. The van der Waals surface area contributed by atoms with Crippen LogP contribution in [0.1, 0.15) is 25.7 Å². The lowest BCUT2D eigenvalue weighted by molar-refractivity contribution is 0.148. The Kier molecular flexibility index (Phi) is 1.58. The maximum Gasteiger partial charge on any atom is 0.113 e. The van der Waals surface area contributed by atoms with Gasteiger partial charge in [-0.2, -0.15) is 0 Å². The fraction of sp³-hybridized carbons (Fsp3) is 0.833. The predicted molar refractivity (Wildman–Crippen MR) is 28.8 cm³/mol. The molecule has 0 aliphatic heterocycles. The lowest BCUT2D eigenvalue weighted by Gasteiger charge is -2.07. The second-order valence-corrected chi connectivity index (χ2v) is 2.11. The summed E-state index contributed by atoms with van der Waals surface area (Å²) < 4.78 is 0. The Morgan fingerprint density at radius 3 is 2.71 bits per heavy atom. The van der Waals surface area contributed by atoms with Crippen molar-refractivity contribution < 1.29 is 5.11 Å². The Morgan fingerprint density at radius 2 is 2.43 bits per heavy atom. The Hall–Kier alpha value is -0.170. The molecule has 1 rings (SSSR count). The standard InChI is InChI=1S/C6H11O/c7-6-4-2-1-3-5-6/h2,6-7H,1,3-5H2/q+1. The summed E-state index contributed by atoms with van der Waals surface area (Å²) in [4.78, 5) is 0. The summed E-state index contributed by atoms with van der Waals surface area (Å²) in [6, 6.07) is 0. The van der Waals surface area contributed by atoms with E-state index in [1.54, 1.807) is 0 Å². The van der Waals surface area contributed by atoms with Gasteiger partial charge in [0.1, 0.15) is 6.42 Å². The first kappa shape index (κ1) is 4.98. The van der Waals surface area contributed by atoms with E-state index in [0.29, 0.717) is 0 Å². The molecule has 1 fully saturated rings. The van der Waals surface area contributed by atoms with E-state index in [2.05, 4.69) is 6.42 Å². The topological polar surface area (TPSA) is 20.2 Å². The summed E-state index contributed by atoms with van der Waals surface area (Å²) in [6.07, 6.45) is 6.46. The first-order chi connectivity index (χ1) is 3.39. The van der Waals surface area contributed by atoms with Gasteiger partial charge in [-0.05, 0) is 12.8 Å². The van der Waals surface area contributed by atoms with Crippen molar-refractivity contribution in [2.45, 2.75) is 31.8 Å². The minimum absolute atomic E-state index is 0.0197. The molecule has 0 amide bonds. The maximum atomic E-state index is 8.88. The van der Waals surface area contributed by atoms with Gasteiger partial charge in [0.25, 0.3) is 0 Å². The van der Waals surface area contributed by atoms with Gasteiger partial charge in [-0.3, -0.25) is 0 Å². The summed E-state index contributed by atoms with van der Waals surface area (Å²) in [6.45, 7) is 0. The summed E-state index contributed by atoms with van der Waals surface area (Å²) >= 11 is 0. The van der Waals surface area contributed by atoms with E-state index in [-0.39, 0.29) is 6.10 Å². The Bertz CT molecular complexity index is 46.1. The number of rotatable bonds is 0. The Morgan fingerprint density at radius 1 is 1.57 bits per heavy atom. The van der Waals surface area contributed by atoms with Crippen molar-refractivity contribution in [3.8, 4) is 0 Å². The molecule has 1 aliphatic rings. The molecule has 0 aromatic heterocycles. The van der Waals surface area contributed by atoms with Crippen LogP contribution in [0.5, 0.6) is 0 Å². The number of hydrogen-bond acceptors (Lipinski definition) is 1. The highest BCUT2D eigenvalue weighted by Gasteiger charge is 2.15. The van der Waals surface area contributed by atoms with Gasteiger partial charge in [-0.1, -0.05) is 0 Å². The molecule has 1 heteroatoms. The molecule has 0 saturated heterocycles. The van der Waals surface area contributed by atoms with Crippen LogP contribution in [-0.2, 0) is 0 Å². The summed E-state index contributed by atoms with van der Waals surface area (Å²) in [5.41, 5.74) is 0. The van der Waals surface area contributed by atoms with Crippen molar-refractivity contribution in [2.24, 2.45) is 0 Å². The zero-order valence-corrected chi connectivity index (χ0v) is 4.43. The van der Waals surface area contributed by atoms with Crippen LogP contribution in [0.15, 0.2) is 0 Å². The fourth-order valence-corrected chi connectivity index (χ4v) is 0.926. The highest BCUT2D eigenvalue weighted by atomic mass is 16.3. The van der Waals surface area contributed by atoms with Gasteiger partial charge >= 0.3 is 0 Å².